The van der Waals surface area contributed by atoms with Gasteiger partial charge in [-0.05, 0) is 25.8 Å². The van der Waals surface area contributed by atoms with Gasteiger partial charge in [0.2, 0.25) is 0 Å². The van der Waals surface area contributed by atoms with Crippen LogP contribution in [0.4, 0.5) is 0 Å². The smallest absolute Gasteiger partial charge is 0.112 e. The second kappa shape index (κ2) is 8.09. The van der Waals surface area contributed by atoms with Crippen LogP contribution in [0.2, 0.25) is 0 Å². The van der Waals surface area contributed by atoms with Crippen molar-refractivity contribution in [3.63, 3.8) is 0 Å². The SMILES string of the molecule is [B][C@@H]1O[C@H](CC)C(O)[C@@H]1OCCCCCCN. The van der Waals surface area contributed by atoms with E-state index in [4.69, 9.17) is 23.1 Å². The molecule has 1 aliphatic rings. The largest absolute Gasteiger partial charge is 0.388 e. The summed E-state index contributed by atoms with van der Waals surface area (Å²) in [5.41, 5.74) is 5.41. The van der Waals surface area contributed by atoms with E-state index < -0.39 is 12.1 Å². The monoisotopic (exact) mass is 241 g/mol. The van der Waals surface area contributed by atoms with Crippen molar-refractivity contribution in [3.8, 4) is 0 Å². The van der Waals surface area contributed by atoms with Crippen molar-refractivity contribution in [2.24, 2.45) is 5.73 Å². The molecule has 0 bridgehead atoms. The molecule has 4 atom stereocenters. The quantitative estimate of drug-likeness (QED) is 0.481. The minimum absolute atomic E-state index is 0.188. The molecular formula is C12H24BNO3. The van der Waals surface area contributed by atoms with E-state index in [0.717, 1.165) is 38.6 Å². The molecule has 0 amide bonds. The van der Waals surface area contributed by atoms with Crippen LogP contribution in [0.1, 0.15) is 39.0 Å². The number of ether oxygens (including phenoxy) is 2. The fourth-order valence-corrected chi connectivity index (χ4v) is 2.12. The molecule has 0 aliphatic carbocycles. The van der Waals surface area contributed by atoms with Gasteiger partial charge in [-0.3, -0.25) is 0 Å². The standard InChI is InChI=1S/C12H24BNO3/c1-2-9-10(15)11(12(13)17-9)16-8-6-4-3-5-7-14/h9-12,15H,2-8,14H2,1H3/t9-,10?,11+,12-/m1/s1. The Morgan fingerprint density at radius 1 is 1.29 bits per heavy atom. The summed E-state index contributed by atoms with van der Waals surface area (Å²) in [5.74, 6) is 0. The predicted octanol–water partition coefficient (Wildman–Crippen LogP) is 0.555. The summed E-state index contributed by atoms with van der Waals surface area (Å²) < 4.78 is 11.0. The number of aliphatic hydroxyl groups is 1. The Labute approximate surface area is 105 Å². The van der Waals surface area contributed by atoms with E-state index in [0.29, 0.717) is 6.61 Å². The summed E-state index contributed by atoms with van der Waals surface area (Å²) in [7, 11) is 5.77. The summed E-state index contributed by atoms with van der Waals surface area (Å²) >= 11 is 0. The first-order chi connectivity index (χ1) is 8.20. The fraction of sp³-hybridized carbons (Fsp3) is 1.00. The van der Waals surface area contributed by atoms with Gasteiger partial charge < -0.3 is 20.3 Å². The van der Waals surface area contributed by atoms with Crippen LogP contribution in [-0.4, -0.2) is 50.4 Å². The van der Waals surface area contributed by atoms with Gasteiger partial charge >= 0.3 is 0 Å². The van der Waals surface area contributed by atoms with Crippen LogP contribution < -0.4 is 5.73 Å². The predicted molar refractivity (Wildman–Crippen MR) is 68.0 cm³/mol. The summed E-state index contributed by atoms with van der Waals surface area (Å²) in [5, 5.41) is 9.91. The molecule has 0 aromatic rings. The first kappa shape index (κ1) is 15.0. The second-order valence-electron chi connectivity index (χ2n) is 4.58. The number of nitrogens with two attached hydrogens (primary N) is 1. The minimum Gasteiger partial charge on any atom is -0.388 e. The van der Waals surface area contributed by atoms with Crippen LogP contribution in [0.15, 0.2) is 0 Å². The average Bonchev–Trinajstić information content (AvgIpc) is 2.60. The van der Waals surface area contributed by atoms with E-state index in [9.17, 15) is 5.11 Å². The Balaban J connectivity index is 2.14. The molecule has 3 N–H and O–H groups in total. The number of rotatable bonds is 8. The van der Waals surface area contributed by atoms with Gasteiger partial charge in [-0.2, -0.15) is 0 Å². The molecule has 0 aromatic carbocycles. The number of aliphatic hydroxyl groups excluding tert-OH is 1. The molecule has 1 saturated heterocycles. The molecule has 1 fully saturated rings. The highest BCUT2D eigenvalue weighted by atomic mass is 16.6. The molecule has 98 valence electrons. The lowest BCUT2D eigenvalue weighted by Crippen LogP contribution is -2.35. The van der Waals surface area contributed by atoms with Crippen molar-refractivity contribution in [1.82, 2.24) is 0 Å². The number of hydrogen-bond donors (Lipinski definition) is 2. The second-order valence-corrected chi connectivity index (χ2v) is 4.58. The van der Waals surface area contributed by atoms with E-state index >= 15 is 0 Å². The van der Waals surface area contributed by atoms with Crippen molar-refractivity contribution in [2.75, 3.05) is 13.2 Å². The van der Waals surface area contributed by atoms with E-state index in [1.807, 2.05) is 6.92 Å². The van der Waals surface area contributed by atoms with Crippen LogP contribution in [0.5, 0.6) is 0 Å². The van der Waals surface area contributed by atoms with E-state index in [2.05, 4.69) is 0 Å². The van der Waals surface area contributed by atoms with Gasteiger partial charge in [-0.1, -0.05) is 19.8 Å². The lowest BCUT2D eigenvalue weighted by atomic mass is 9.92. The van der Waals surface area contributed by atoms with E-state index in [1.54, 1.807) is 0 Å². The first-order valence-electron chi connectivity index (χ1n) is 6.61. The third-order valence-electron chi connectivity index (χ3n) is 3.18. The summed E-state index contributed by atoms with van der Waals surface area (Å²) in [6.45, 7) is 3.34. The van der Waals surface area contributed by atoms with Gasteiger partial charge in [0.05, 0.1) is 6.10 Å². The van der Waals surface area contributed by atoms with Crippen LogP contribution in [-0.2, 0) is 9.47 Å². The summed E-state index contributed by atoms with van der Waals surface area (Å²) in [6.07, 6.45) is 3.87. The molecule has 1 heterocycles. The maximum Gasteiger partial charge on any atom is 0.112 e. The van der Waals surface area contributed by atoms with E-state index in [-0.39, 0.29) is 12.2 Å². The van der Waals surface area contributed by atoms with Crippen LogP contribution in [0.3, 0.4) is 0 Å². The Kier molecular flexibility index (Phi) is 7.12. The van der Waals surface area contributed by atoms with Gasteiger partial charge in [0.25, 0.3) is 0 Å². The van der Waals surface area contributed by atoms with Crippen molar-refractivity contribution in [1.29, 1.82) is 0 Å². The normalized spacial score (nSPS) is 33.1. The van der Waals surface area contributed by atoms with Gasteiger partial charge in [0, 0.05) is 12.6 Å². The Hall–Kier alpha value is -0.0951. The highest BCUT2D eigenvalue weighted by molar-refractivity contribution is 6.11. The van der Waals surface area contributed by atoms with E-state index in [1.165, 1.54) is 0 Å². The molecule has 0 saturated carbocycles. The lowest BCUT2D eigenvalue weighted by molar-refractivity contribution is -0.0232. The molecule has 0 aromatic heterocycles. The third kappa shape index (κ3) is 4.58. The zero-order chi connectivity index (χ0) is 12.7. The molecule has 0 spiro atoms. The van der Waals surface area contributed by atoms with Crippen LogP contribution >= 0.6 is 0 Å². The van der Waals surface area contributed by atoms with Crippen LogP contribution in [0.25, 0.3) is 0 Å². The Bertz CT molecular complexity index is 206. The molecule has 1 aliphatic heterocycles. The molecule has 17 heavy (non-hydrogen) atoms. The van der Waals surface area contributed by atoms with Gasteiger partial charge in [0.15, 0.2) is 0 Å². The van der Waals surface area contributed by atoms with Gasteiger partial charge in [-0.25, -0.2) is 0 Å². The van der Waals surface area contributed by atoms with Crippen molar-refractivity contribution in [2.45, 2.75) is 63.3 Å². The fourth-order valence-electron chi connectivity index (χ4n) is 2.12. The molecule has 1 unspecified atom stereocenters. The summed E-state index contributed by atoms with van der Waals surface area (Å²) in [4.78, 5) is 0. The maximum atomic E-state index is 9.91. The highest BCUT2D eigenvalue weighted by Gasteiger charge is 2.40. The molecule has 5 heteroatoms. The van der Waals surface area contributed by atoms with Crippen molar-refractivity contribution >= 4 is 7.85 Å². The van der Waals surface area contributed by atoms with Crippen molar-refractivity contribution < 1.29 is 14.6 Å². The molecule has 2 radical (unpaired) electrons. The average molecular weight is 241 g/mol. The summed E-state index contributed by atoms with van der Waals surface area (Å²) in [6, 6.07) is -0.501. The zero-order valence-corrected chi connectivity index (χ0v) is 10.7. The number of hydrogen-bond acceptors (Lipinski definition) is 4. The van der Waals surface area contributed by atoms with Gasteiger partial charge in [-0.15, -0.1) is 0 Å². The van der Waals surface area contributed by atoms with Crippen molar-refractivity contribution in [3.05, 3.63) is 0 Å². The minimum atomic E-state index is -0.598. The topological polar surface area (TPSA) is 64.7 Å². The zero-order valence-electron chi connectivity index (χ0n) is 10.7. The van der Waals surface area contributed by atoms with Gasteiger partial charge in [0.1, 0.15) is 20.1 Å². The highest BCUT2D eigenvalue weighted by Crippen LogP contribution is 2.24. The maximum absolute atomic E-state index is 9.91. The Morgan fingerprint density at radius 2 is 2.00 bits per heavy atom. The number of unbranched alkanes of at least 4 members (excludes halogenated alkanes) is 3. The lowest BCUT2D eigenvalue weighted by Gasteiger charge is -2.19. The van der Waals surface area contributed by atoms with Crippen LogP contribution in [0, 0.1) is 0 Å². The Morgan fingerprint density at radius 3 is 2.59 bits per heavy atom. The molecule has 4 nitrogen and oxygen atoms in total. The molecule has 1 rings (SSSR count). The molecular weight excluding hydrogens is 217 g/mol. The first-order valence-corrected chi connectivity index (χ1v) is 6.61. The third-order valence-corrected chi connectivity index (χ3v) is 3.18.